The van der Waals surface area contributed by atoms with Gasteiger partial charge in [0.05, 0.1) is 10.8 Å². The van der Waals surface area contributed by atoms with Gasteiger partial charge in [-0.1, -0.05) is 0 Å². The molecule has 2 heterocycles. The highest BCUT2D eigenvalue weighted by Crippen LogP contribution is 2.25. The second-order valence-electron chi connectivity index (χ2n) is 7.27. The first kappa shape index (κ1) is 23.4. The lowest BCUT2D eigenvalue weighted by Gasteiger charge is -2.30. The SMILES string of the molecule is CN(C)S(=O)(=O)c1ccc(COC(=O)C2CCCN(S(=O)(=O)c3ccc(F)cc3)C2)o1. The summed E-state index contributed by atoms with van der Waals surface area (Å²) in [7, 11) is -4.87. The van der Waals surface area contributed by atoms with Crippen LogP contribution in [0.25, 0.3) is 0 Å². The summed E-state index contributed by atoms with van der Waals surface area (Å²) in [6.07, 6.45) is 0.916. The zero-order valence-electron chi connectivity index (χ0n) is 17.0. The number of ether oxygens (including phenoxy) is 1. The van der Waals surface area contributed by atoms with Gasteiger partial charge in [-0.05, 0) is 49.2 Å². The van der Waals surface area contributed by atoms with E-state index in [1.165, 1.54) is 42.7 Å². The number of esters is 1. The van der Waals surface area contributed by atoms with Gasteiger partial charge in [0.1, 0.15) is 18.2 Å². The number of hydrogen-bond donors (Lipinski definition) is 0. The standard InChI is InChI=1S/C19H23FN2O7S2/c1-21(2)31(26,27)18-10-7-16(29-18)13-28-19(23)14-4-3-11-22(12-14)30(24,25)17-8-5-15(20)6-9-17/h5-10,14H,3-4,11-13H2,1-2H3. The summed E-state index contributed by atoms with van der Waals surface area (Å²) in [6, 6.07) is 7.17. The van der Waals surface area contributed by atoms with Crippen molar-refractivity contribution in [3.63, 3.8) is 0 Å². The van der Waals surface area contributed by atoms with E-state index < -0.39 is 37.8 Å². The molecule has 1 fully saturated rings. The largest absolute Gasteiger partial charge is 0.457 e. The zero-order chi connectivity index (χ0) is 22.8. The number of halogens is 1. The van der Waals surface area contributed by atoms with Crippen LogP contribution in [0.15, 0.2) is 50.8 Å². The topological polar surface area (TPSA) is 114 Å². The van der Waals surface area contributed by atoms with Crippen molar-refractivity contribution in [2.45, 2.75) is 29.4 Å². The smallest absolute Gasteiger partial charge is 0.310 e. The molecule has 0 spiro atoms. The van der Waals surface area contributed by atoms with Gasteiger partial charge >= 0.3 is 5.97 Å². The Labute approximate surface area is 180 Å². The Morgan fingerprint density at radius 3 is 2.48 bits per heavy atom. The molecule has 1 saturated heterocycles. The Hall–Kier alpha value is -2.28. The van der Waals surface area contributed by atoms with Gasteiger partial charge in [0.25, 0.3) is 10.0 Å². The summed E-state index contributed by atoms with van der Waals surface area (Å²) in [4.78, 5) is 12.4. The highest BCUT2D eigenvalue weighted by molar-refractivity contribution is 7.89. The molecular weight excluding hydrogens is 451 g/mol. The van der Waals surface area contributed by atoms with E-state index in [1.54, 1.807) is 0 Å². The van der Waals surface area contributed by atoms with Gasteiger partial charge in [0, 0.05) is 27.2 Å². The molecule has 0 saturated carbocycles. The molecular formula is C19H23FN2O7S2. The van der Waals surface area contributed by atoms with E-state index in [2.05, 4.69) is 0 Å². The van der Waals surface area contributed by atoms with Crippen molar-refractivity contribution in [3.8, 4) is 0 Å². The van der Waals surface area contributed by atoms with Crippen LogP contribution < -0.4 is 0 Å². The van der Waals surface area contributed by atoms with Crippen LogP contribution >= 0.6 is 0 Å². The number of benzene rings is 1. The summed E-state index contributed by atoms with van der Waals surface area (Å²) < 4.78 is 75.4. The number of carbonyl (C=O) groups is 1. The Balaban J connectivity index is 1.63. The van der Waals surface area contributed by atoms with Crippen LogP contribution in [0.4, 0.5) is 4.39 Å². The predicted molar refractivity (Wildman–Crippen MR) is 107 cm³/mol. The molecule has 1 atom stereocenters. The average molecular weight is 475 g/mol. The van der Waals surface area contributed by atoms with Crippen molar-refractivity contribution < 1.29 is 35.2 Å². The average Bonchev–Trinajstić information content (AvgIpc) is 3.22. The minimum absolute atomic E-state index is 0.0480. The molecule has 0 N–H and O–H groups in total. The van der Waals surface area contributed by atoms with Crippen molar-refractivity contribution in [1.29, 1.82) is 0 Å². The molecule has 1 aliphatic heterocycles. The zero-order valence-corrected chi connectivity index (χ0v) is 18.7. The van der Waals surface area contributed by atoms with E-state index in [9.17, 15) is 26.0 Å². The molecule has 0 bridgehead atoms. The fourth-order valence-electron chi connectivity index (χ4n) is 3.12. The Bertz CT molecular complexity index is 1140. The first-order valence-corrected chi connectivity index (χ1v) is 12.3. The first-order valence-electron chi connectivity index (χ1n) is 9.45. The molecule has 0 aliphatic carbocycles. The van der Waals surface area contributed by atoms with Crippen LogP contribution in [0.3, 0.4) is 0 Å². The van der Waals surface area contributed by atoms with E-state index in [1.807, 2.05) is 0 Å². The highest BCUT2D eigenvalue weighted by atomic mass is 32.2. The van der Waals surface area contributed by atoms with Crippen LogP contribution in [-0.2, 0) is 36.2 Å². The third-order valence-corrected chi connectivity index (χ3v) is 8.47. The molecule has 2 aromatic rings. The summed E-state index contributed by atoms with van der Waals surface area (Å²) in [6.45, 7) is -0.0899. The number of piperidine rings is 1. The molecule has 1 aromatic heterocycles. The van der Waals surface area contributed by atoms with E-state index in [0.717, 1.165) is 16.4 Å². The summed E-state index contributed by atoms with van der Waals surface area (Å²) in [5.74, 6) is -1.67. The predicted octanol–water partition coefficient (Wildman–Crippen LogP) is 1.81. The van der Waals surface area contributed by atoms with Crippen LogP contribution in [0.2, 0.25) is 0 Å². The fourth-order valence-corrected chi connectivity index (χ4v) is 5.46. The maximum atomic E-state index is 13.1. The third kappa shape index (κ3) is 5.14. The second kappa shape index (κ2) is 9.07. The van der Waals surface area contributed by atoms with Gasteiger partial charge in [-0.3, -0.25) is 4.79 Å². The fraction of sp³-hybridized carbons (Fsp3) is 0.421. The molecule has 0 radical (unpaired) electrons. The third-order valence-electron chi connectivity index (χ3n) is 4.90. The Morgan fingerprint density at radius 1 is 1.16 bits per heavy atom. The number of hydrogen-bond acceptors (Lipinski definition) is 7. The minimum atomic E-state index is -3.86. The highest BCUT2D eigenvalue weighted by Gasteiger charge is 2.34. The van der Waals surface area contributed by atoms with Crippen LogP contribution in [0, 0.1) is 11.7 Å². The Kier molecular flexibility index (Phi) is 6.84. The Morgan fingerprint density at radius 2 is 1.84 bits per heavy atom. The van der Waals surface area contributed by atoms with Gasteiger partial charge in [0.15, 0.2) is 0 Å². The molecule has 1 aromatic carbocycles. The molecule has 0 amide bonds. The number of sulfonamides is 2. The minimum Gasteiger partial charge on any atom is -0.457 e. The molecule has 9 nitrogen and oxygen atoms in total. The van der Waals surface area contributed by atoms with Crippen LogP contribution in [0.1, 0.15) is 18.6 Å². The van der Waals surface area contributed by atoms with E-state index in [4.69, 9.17) is 9.15 Å². The molecule has 1 unspecified atom stereocenters. The number of rotatable bonds is 7. The lowest BCUT2D eigenvalue weighted by molar-refractivity contribution is -0.151. The number of carbonyl (C=O) groups excluding carboxylic acids is 1. The summed E-state index contributed by atoms with van der Waals surface area (Å²) in [5, 5.41) is -0.266. The number of nitrogens with zero attached hydrogens (tertiary/aromatic N) is 2. The maximum absolute atomic E-state index is 13.1. The van der Waals surface area contributed by atoms with E-state index >= 15 is 0 Å². The van der Waals surface area contributed by atoms with Crippen molar-refractivity contribution in [2.24, 2.45) is 5.92 Å². The second-order valence-corrected chi connectivity index (χ2v) is 11.3. The van der Waals surface area contributed by atoms with Crippen molar-refractivity contribution in [2.75, 3.05) is 27.2 Å². The van der Waals surface area contributed by atoms with Crippen molar-refractivity contribution in [3.05, 3.63) is 48.0 Å². The maximum Gasteiger partial charge on any atom is 0.310 e. The van der Waals surface area contributed by atoms with Gasteiger partial charge < -0.3 is 9.15 Å². The van der Waals surface area contributed by atoms with Gasteiger partial charge in [-0.2, -0.15) is 4.31 Å². The van der Waals surface area contributed by atoms with E-state index in [0.29, 0.717) is 12.8 Å². The van der Waals surface area contributed by atoms with Gasteiger partial charge in [0.2, 0.25) is 15.1 Å². The molecule has 170 valence electrons. The van der Waals surface area contributed by atoms with Gasteiger partial charge in [-0.15, -0.1) is 0 Å². The van der Waals surface area contributed by atoms with Crippen molar-refractivity contribution in [1.82, 2.24) is 8.61 Å². The lowest BCUT2D eigenvalue weighted by Crippen LogP contribution is -2.42. The molecule has 31 heavy (non-hydrogen) atoms. The molecule has 12 heteroatoms. The molecule has 1 aliphatic rings. The first-order chi connectivity index (χ1) is 14.5. The lowest BCUT2D eigenvalue weighted by atomic mass is 10.00. The normalized spacial score (nSPS) is 18.3. The van der Waals surface area contributed by atoms with Gasteiger partial charge in [-0.25, -0.2) is 25.5 Å². The quantitative estimate of drug-likeness (QED) is 0.562. The summed E-state index contributed by atoms with van der Waals surface area (Å²) in [5.41, 5.74) is 0. The van der Waals surface area contributed by atoms with E-state index in [-0.39, 0.29) is 35.4 Å². The monoisotopic (exact) mass is 474 g/mol. The molecule has 3 rings (SSSR count). The summed E-state index contributed by atoms with van der Waals surface area (Å²) >= 11 is 0. The van der Waals surface area contributed by atoms with Crippen LogP contribution in [0.5, 0.6) is 0 Å². The number of furan rings is 1. The van der Waals surface area contributed by atoms with Crippen LogP contribution in [-0.4, -0.2) is 58.6 Å². The van der Waals surface area contributed by atoms with Crippen molar-refractivity contribution >= 4 is 26.0 Å².